The van der Waals surface area contributed by atoms with E-state index in [4.69, 9.17) is 9.47 Å². The van der Waals surface area contributed by atoms with E-state index in [1.54, 1.807) is 37.4 Å². The molecule has 8 nitrogen and oxygen atoms in total. The minimum absolute atomic E-state index is 0.0287. The molecule has 0 aliphatic carbocycles. The third-order valence-electron chi connectivity index (χ3n) is 4.09. The van der Waals surface area contributed by atoms with Gasteiger partial charge in [0.2, 0.25) is 5.91 Å². The zero-order valence-corrected chi connectivity index (χ0v) is 17.9. The van der Waals surface area contributed by atoms with Crippen LogP contribution in [0.3, 0.4) is 0 Å². The molecule has 2 aromatic rings. The Kier molecular flexibility index (Phi) is 8.14. The Hall–Kier alpha value is -2.94. The summed E-state index contributed by atoms with van der Waals surface area (Å²) in [5, 5.41) is 14.9. The van der Waals surface area contributed by atoms with Gasteiger partial charge in [0.15, 0.2) is 11.5 Å². The molecule has 9 heteroatoms. The number of carbonyl (C=O) groups excluding carboxylic acids is 1. The zero-order valence-electron chi connectivity index (χ0n) is 16.3. The van der Waals surface area contributed by atoms with Crippen LogP contribution in [-0.2, 0) is 11.2 Å². The summed E-state index contributed by atoms with van der Waals surface area (Å²) in [4.78, 5) is 22.6. The highest BCUT2D eigenvalue weighted by Crippen LogP contribution is 2.37. The monoisotopic (exact) mass is 463 g/mol. The van der Waals surface area contributed by atoms with Gasteiger partial charge in [-0.05, 0) is 47.0 Å². The Balaban J connectivity index is 2.07. The number of amides is 1. The molecule has 0 spiro atoms. The fourth-order valence-corrected chi connectivity index (χ4v) is 3.00. The van der Waals surface area contributed by atoms with Crippen LogP contribution in [0.15, 0.2) is 46.0 Å². The van der Waals surface area contributed by atoms with Crippen LogP contribution in [0.2, 0.25) is 0 Å². The predicted molar refractivity (Wildman–Crippen MR) is 114 cm³/mol. The van der Waals surface area contributed by atoms with Gasteiger partial charge >= 0.3 is 0 Å². The van der Waals surface area contributed by atoms with Crippen LogP contribution in [-0.4, -0.2) is 30.3 Å². The van der Waals surface area contributed by atoms with Crippen molar-refractivity contribution in [2.75, 3.05) is 7.11 Å². The first-order chi connectivity index (χ1) is 13.8. The highest BCUT2D eigenvalue weighted by Gasteiger charge is 2.16. The maximum atomic E-state index is 12.1. The largest absolute Gasteiger partial charge is 0.493 e. The summed E-state index contributed by atoms with van der Waals surface area (Å²) >= 11 is 3.47. The van der Waals surface area contributed by atoms with Crippen LogP contribution in [0.25, 0.3) is 0 Å². The first-order valence-corrected chi connectivity index (χ1v) is 9.73. The number of para-hydroxylation sites is 1. The number of nitrogens with zero attached hydrogens (tertiary/aromatic N) is 2. The molecule has 0 bridgehead atoms. The molecule has 1 atom stereocenters. The Morgan fingerprint density at radius 3 is 2.76 bits per heavy atom. The molecule has 0 unspecified atom stereocenters. The van der Waals surface area contributed by atoms with Crippen LogP contribution in [0.1, 0.15) is 31.4 Å². The lowest BCUT2D eigenvalue weighted by molar-refractivity contribution is -0.385. The molecule has 0 aliphatic heterocycles. The second-order valence-electron chi connectivity index (χ2n) is 6.23. The Bertz CT molecular complexity index is 917. The van der Waals surface area contributed by atoms with E-state index in [0.717, 1.165) is 6.42 Å². The van der Waals surface area contributed by atoms with Crippen molar-refractivity contribution in [1.29, 1.82) is 0 Å². The second kappa shape index (κ2) is 10.6. The van der Waals surface area contributed by atoms with E-state index in [2.05, 4.69) is 26.5 Å². The van der Waals surface area contributed by atoms with E-state index in [9.17, 15) is 14.9 Å². The SMILES string of the molecule is CC[C@@H](C)Oc1c(Br)cc(/C=N/NC(=O)Cc2ccccc2[N+](=O)[O-])cc1OC. The van der Waals surface area contributed by atoms with E-state index in [0.29, 0.717) is 27.1 Å². The maximum absolute atomic E-state index is 12.1. The molecule has 2 rings (SSSR count). The number of hydrogen-bond donors (Lipinski definition) is 1. The molecule has 0 aromatic heterocycles. The quantitative estimate of drug-likeness (QED) is 0.340. The summed E-state index contributed by atoms with van der Waals surface area (Å²) in [5.74, 6) is 0.671. The van der Waals surface area contributed by atoms with Crippen LogP contribution >= 0.6 is 15.9 Å². The number of benzene rings is 2. The number of hydrogen-bond acceptors (Lipinski definition) is 6. The summed E-state index contributed by atoms with van der Waals surface area (Å²) in [6.07, 6.45) is 2.19. The molecule has 0 saturated heterocycles. The number of nitro benzene ring substituents is 1. The molecular formula is C20H22BrN3O5. The summed E-state index contributed by atoms with van der Waals surface area (Å²) < 4.78 is 12.0. The molecular weight excluding hydrogens is 442 g/mol. The van der Waals surface area contributed by atoms with E-state index in [1.807, 2.05) is 13.8 Å². The van der Waals surface area contributed by atoms with Crippen molar-refractivity contribution in [3.8, 4) is 11.5 Å². The summed E-state index contributed by atoms with van der Waals surface area (Å²) in [6.45, 7) is 3.99. The fraction of sp³-hybridized carbons (Fsp3) is 0.300. The number of carbonyl (C=O) groups is 1. The molecule has 0 aliphatic rings. The van der Waals surface area contributed by atoms with Gasteiger partial charge in [0, 0.05) is 11.6 Å². The molecule has 1 amide bonds. The van der Waals surface area contributed by atoms with Crippen molar-refractivity contribution < 1.29 is 19.2 Å². The lowest BCUT2D eigenvalue weighted by Gasteiger charge is -2.17. The Morgan fingerprint density at radius 2 is 2.10 bits per heavy atom. The highest BCUT2D eigenvalue weighted by molar-refractivity contribution is 9.10. The molecule has 0 fully saturated rings. The molecule has 0 saturated carbocycles. The van der Waals surface area contributed by atoms with Crippen LogP contribution < -0.4 is 14.9 Å². The minimum atomic E-state index is -0.515. The van der Waals surface area contributed by atoms with Gasteiger partial charge in [-0.2, -0.15) is 5.10 Å². The summed E-state index contributed by atoms with van der Waals surface area (Å²) in [7, 11) is 1.54. The van der Waals surface area contributed by atoms with Gasteiger partial charge in [-0.15, -0.1) is 0 Å². The van der Waals surface area contributed by atoms with Gasteiger partial charge < -0.3 is 9.47 Å². The molecule has 2 aromatic carbocycles. The number of halogens is 1. The van der Waals surface area contributed by atoms with Crippen molar-refractivity contribution in [1.82, 2.24) is 5.43 Å². The van der Waals surface area contributed by atoms with Crippen molar-refractivity contribution in [2.45, 2.75) is 32.8 Å². The number of nitro groups is 1. The van der Waals surface area contributed by atoms with Gasteiger partial charge in [-0.3, -0.25) is 14.9 Å². The smallest absolute Gasteiger partial charge is 0.273 e. The van der Waals surface area contributed by atoms with Gasteiger partial charge in [0.05, 0.1) is 35.2 Å². The first kappa shape index (κ1) is 22.4. The third-order valence-corrected chi connectivity index (χ3v) is 4.68. The van der Waals surface area contributed by atoms with E-state index in [-0.39, 0.29) is 18.2 Å². The molecule has 0 radical (unpaired) electrons. The zero-order chi connectivity index (χ0) is 21.4. The predicted octanol–water partition coefficient (Wildman–Crippen LogP) is 4.24. The number of nitrogens with one attached hydrogen (secondary N) is 1. The number of methoxy groups -OCH3 is 1. The summed E-state index contributed by atoms with van der Waals surface area (Å²) in [6, 6.07) is 9.62. The van der Waals surface area contributed by atoms with Crippen LogP contribution in [0, 0.1) is 10.1 Å². The Morgan fingerprint density at radius 1 is 1.38 bits per heavy atom. The maximum Gasteiger partial charge on any atom is 0.273 e. The van der Waals surface area contributed by atoms with Gasteiger partial charge in [0.25, 0.3) is 5.69 Å². The third kappa shape index (κ3) is 6.28. The van der Waals surface area contributed by atoms with Gasteiger partial charge in [-0.25, -0.2) is 5.43 Å². The van der Waals surface area contributed by atoms with E-state index >= 15 is 0 Å². The van der Waals surface area contributed by atoms with Crippen molar-refractivity contribution in [3.05, 3.63) is 62.1 Å². The molecule has 1 N–H and O–H groups in total. The van der Waals surface area contributed by atoms with Gasteiger partial charge in [0.1, 0.15) is 0 Å². The average molecular weight is 464 g/mol. The van der Waals surface area contributed by atoms with Crippen LogP contribution in [0.5, 0.6) is 11.5 Å². The normalized spacial score (nSPS) is 11.9. The van der Waals surface area contributed by atoms with E-state index < -0.39 is 10.8 Å². The average Bonchev–Trinajstić information content (AvgIpc) is 2.69. The first-order valence-electron chi connectivity index (χ1n) is 8.94. The Labute approximate surface area is 177 Å². The van der Waals surface area contributed by atoms with Crippen molar-refractivity contribution >= 4 is 33.7 Å². The topological polar surface area (TPSA) is 103 Å². The molecule has 0 heterocycles. The highest BCUT2D eigenvalue weighted by atomic mass is 79.9. The number of hydrazone groups is 1. The summed E-state index contributed by atoms with van der Waals surface area (Å²) in [5.41, 5.74) is 3.28. The standard InChI is InChI=1S/C20H22BrN3O5/c1-4-13(2)29-20-16(21)9-14(10-18(20)28-3)12-22-23-19(25)11-15-7-5-6-8-17(15)24(26)27/h5-10,12-13H,4,11H2,1-3H3,(H,23,25)/b22-12+/t13-/m1/s1. The fourth-order valence-electron chi connectivity index (χ4n) is 2.44. The molecule has 154 valence electrons. The van der Waals surface area contributed by atoms with Crippen molar-refractivity contribution in [3.63, 3.8) is 0 Å². The molecule has 29 heavy (non-hydrogen) atoms. The number of rotatable bonds is 9. The van der Waals surface area contributed by atoms with E-state index in [1.165, 1.54) is 12.3 Å². The van der Waals surface area contributed by atoms with Gasteiger partial charge in [-0.1, -0.05) is 25.1 Å². The van der Waals surface area contributed by atoms with Crippen molar-refractivity contribution in [2.24, 2.45) is 5.10 Å². The van der Waals surface area contributed by atoms with Crippen LogP contribution in [0.4, 0.5) is 5.69 Å². The lowest BCUT2D eigenvalue weighted by atomic mass is 10.1. The number of ether oxygens (including phenoxy) is 2. The minimum Gasteiger partial charge on any atom is -0.493 e. The second-order valence-corrected chi connectivity index (χ2v) is 7.08. The lowest BCUT2D eigenvalue weighted by Crippen LogP contribution is -2.20.